The van der Waals surface area contributed by atoms with Crippen molar-refractivity contribution in [1.82, 2.24) is 5.32 Å². The third kappa shape index (κ3) is 2.37. The average molecular weight is 321 g/mol. The molecule has 2 aliphatic rings. The molecule has 0 bridgehead atoms. The summed E-state index contributed by atoms with van der Waals surface area (Å²) in [5.74, 6) is 1.04. The second-order valence-electron chi connectivity index (χ2n) is 5.29. The lowest BCUT2D eigenvalue weighted by molar-refractivity contribution is -0.136. The molecule has 3 rings (SSSR count). The van der Waals surface area contributed by atoms with Crippen LogP contribution in [0.15, 0.2) is 17.4 Å². The van der Waals surface area contributed by atoms with Crippen LogP contribution in [0.25, 0.3) is 0 Å². The first kappa shape index (κ1) is 15.5. The van der Waals surface area contributed by atoms with Crippen LogP contribution in [0.5, 0.6) is 17.2 Å². The maximum Gasteiger partial charge on any atom is 0.339 e. The van der Waals surface area contributed by atoms with Crippen LogP contribution in [0, 0.1) is 0 Å². The number of methoxy groups -OCH3 is 3. The van der Waals surface area contributed by atoms with Gasteiger partial charge in [-0.2, -0.15) is 0 Å². The number of rotatable bonds is 4. The van der Waals surface area contributed by atoms with Crippen LogP contribution in [-0.4, -0.2) is 45.6 Å². The van der Waals surface area contributed by atoms with Crippen LogP contribution in [-0.2, 0) is 16.0 Å². The van der Waals surface area contributed by atoms with Gasteiger partial charge in [-0.15, -0.1) is 0 Å². The van der Waals surface area contributed by atoms with E-state index in [2.05, 4.69) is 5.32 Å². The molecule has 0 amide bonds. The maximum absolute atomic E-state index is 12.0. The van der Waals surface area contributed by atoms with Crippen molar-refractivity contribution in [3.8, 4) is 17.2 Å². The molecule has 0 aromatic heterocycles. The lowest BCUT2D eigenvalue weighted by Gasteiger charge is -2.29. The number of carbonyl (C=O) groups excluding carboxylic acids is 1. The van der Waals surface area contributed by atoms with E-state index in [1.54, 1.807) is 20.3 Å². The number of carbonyl (C=O) groups is 1. The number of aliphatic hydroxyl groups is 1. The van der Waals surface area contributed by atoms with E-state index in [0.717, 1.165) is 11.1 Å². The average Bonchev–Trinajstić information content (AvgIpc) is 2.90. The minimum Gasteiger partial charge on any atom is -0.508 e. The van der Waals surface area contributed by atoms with Crippen LogP contribution in [0.2, 0.25) is 0 Å². The van der Waals surface area contributed by atoms with Gasteiger partial charge in [0.25, 0.3) is 0 Å². The highest BCUT2D eigenvalue weighted by Gasteiger charge is 2.37. The molecule has 0 spiro atoms. The van der Waals surface area contributed by atoms with Gasteiger partial charge in [0.15, 0.2) is 11.5 Å². The summed E-state index contributed by atoms with van der Waals surface area (Å²) in [6.45, 7) is 0.541. The zero-order valence-electron chi connectivity index (χ0n) is 13.3. The molecule has 0 saturated heterocycles. The van der Waals surface area contributed by atoms with E-state index in [-0.39, 0.29) is 17.9 Å². The first-order valence-corrected chi connectivity index (χ1v) is 7.26. The number of hydrogen-bond donors (Lipinski definition) is 2. The van der Waals surface area contributed by atoms with Crippen molar-refractivity contribution in [1.29, 1.82) is 0 Å². The van der Waals surface area contributed by atoms with Crippen molar-refractivity contribution in [2.24, 2.45) is 0 Å². The molecule has 1 aromatic carbocycles. The predicted octanol–water partition coefficient (Wildman–Crippen LogP) is 1.27. The molecule has 0 saturated carbocycles. The van der Waals surface area contributed by atoms with Gasteiger partial charge in [0.1, 0.15) is 12.4 Å². The van der Waals surface area contributed by atoms with E-state index < -0.39 is 12.0 Å². The molecule has 2 N–H and O–H groups in total. The topological polar surface area (TPSA) is 86.2 Å². The van der Waals surface area contributed by atoms with Crippen molar-refractivity contribution in [3.63, 3.8) is 0 Å². The summed E-state index contributed by atoms with van der Waals surface area (Å²) in [7, 11) is 4.65. The molecule has 0 fully saturated rings. The van der Waals surface area contributed by atoms with E-state index in [1.165, 1.54) is 7.11 Å². The Morgan fingerprint density at radius 3 is 2.52 bits per heavy atom. The fraction of sp³-hybridized carbons (Fsp3) is 0.438. The second kappa shape index (κ2) is 6.00. The van der Waals surface area contributed by atoms with Crippen molar-refractivity contribution in [3.05, 3.63) is 28.5 Å². The highest BCUT2D eigenvalue weighted by Crippen LogP contribution is 2.46. The third-order valence-electron chi connectivity index (χ3n) is 4.16. The molecule has 1 aromatic rings. The van der Waals surface area contributed by atoms with Crippen molar-refractivity contribution < 1.29 is 28.8 Å². The zero-order chi connectivity index (χ0) is 16.6. The number of aliphatic hydroxyl groups excluding tert-OH is 1. The normalized spacial score (nSPS) is 20.1. The molecule has 1 unspecified atom stereocenters. The van der Waals surface area contributed by atoms with Gasteiger partial charge < -0.3 is 29.4 Å². The van der Waals surface area contributed by atoms with Gasteiger partial charge >= 0.3 is 5.97 Å². The monoisotopic (exact) mass is 321 g/mol. The fourth-order valence-corrected chi connectivity index (χ4v) is 3.15. The Balaban J connectivity index is 2.19. The third-order valence-corrected chi connectivity index (χ3v) is 4.16. The largest absolute Gasteiger partial charge is 0.508 e. The van der Waals surface area contributed by atoms with Crippen LogP contribution < -0.4 is 19.5 Å². The quantitative estimate of drug-likeness (QED) is 0.808. The number of fused-ring (bicyclic) bond motifs is 1. The summed E-state index contributed by atoms with van der Waals surface area (Å²) in [6.07, 6.45) is 0.707. The number of hydrogen-bond acceptors (Lipinski definition) is 7. The lowest BCUT2D eigenvalue weighted by atomic mass is 9.88. The maximum atomic E-state index is 12.0. The van der Waals surface area contributed by atoms with Crippen molar-refractivity contribution in [2.45, 2.75) is 12.5 Å². The first-order chi connectivity index (χ1) is 11.1. The summed E-state index contributed by atoms with van der Waals surface area (Å²) in [6, 6.07) is 1.34. The molecule has 0 radical (unpaired) electrons. The Morgan fingerprint density at radius 1 is 1.22 bits per heavy atom. The molecule has 2 aliphatic heterocycles. The van der Waals surface area contributed by atoms with Crippen LogP contribution >= 0.6 is 0 Å². The first-order valence-electron chi connectivity index (χ1n) is 7.26. The summed E-state index contributed by atoms with van der Waals surface area (Å²) >= 11 is 0. The predicted molar refractivity (Wildman–Crippen MR) is 81.2 cm³/mol. The second-order valence-corrected chi connectivity index (χ2v) is 5.29. The minimum absolute atomic E-state index is 0.0471. The van der Waals surface area contributed by atoms with Gasteiger partial charge in [-0.3, -0.25) is 0 Å². The molecule has 2 heterocycles. The van der Waals surface area contributed by atoms with Gasteiger partial charge in [0.2, 0.25) is 5.75 Å². The highest BCUT2D eigenvalue weighted by atomic mass is 16.5. The molecular formula is C16H19NO6. The number of cyclic esters (lactones) is 1. The SMILES string of the molecule is COc1cc2c(c(OC)c1OC)CCNC2C1=C(O)COC1=O. The molecule has 124 valence electrons. The van der Waals surface area contributed by atoms with Gasteiger partial charge in [-0.05, 0) is 18.1 Å². The number of benzene rings is 1. The molecular weight excluding hydrogens is 302 g/mol. The molecule has 7 heteroatoms. The Hall–Kier alpha value is -2.41. The van der Waals surface area contributed by atoms with E-state index >= 15 is 0 Å². The van der Waals surface area contributed by atoms with Crippen LogP contribution in [0.4, 0.5) is 0 Å². The number of ether oxygens (including phenoxy) is 4. The Morgan fingerprint density at radius 2 is 1.96 bits per heavy atom. The molecule has 23 heavy (non-hydrogen) atoms. The standard InChI is InChI=1S/C16H19NO6/c1-20-11-6-9-8(14(21-2)15(11)22-3)4-5-17-13(9)12-10(18)7-23-16(12)19/h6,13,17-18H,4-5,7H2,1-3H3. The Labute approximate surface area is 133 Å². The van der Waals surface area contributed by atoms with Crippen molar-refractivity contribution in [2.75, 3.05) is 34.5 Å². The smallest absolute Gasteiger partial charge is 0.339 e. The van der Waals surface area contributed by atoms with Gasteiger partial charge in [0, 0.05) is 12.1 Å². The Bertz CT molecular complexity index is 682. The van der Waals surface area contributed by atoms with E-state index in [1.807, 2.05) is 0 Å². The van der Waals surface area contributed by atoms with Gasteiger partial charge in [-0.25, -0.2) is 4.79 Å². The minimum atomic E-state index is -0.512. The molecule has 7 nitrogen and oxygen atoms in total. The number of nitrogens with one attached hydrogen (secondary N) is 1. The van der Waals surface area contributed by atoms with Crippen LogP contribution in [0.3, 0.4) is 0 Å². The van der Waals surface area contributed by atoms with Crippen molar-refractivity contribution >= 4 is 5.97 Å². The summed E-state index contributed by atoms with van der Waals surface area (Å²) < 4.78 is 21.2. The molecule has 1 atom stereocenters. The van der Waals surface area contributed by atoms with Gasteiger partial charge in [-0.1, -0.05) is 0 Å². The molecule has 0 aliphatic carbocycles. The van der Waals surface area contributed by atoms with Crippen LogP contribution in [0.1, 0.15) is 17.2 Å². The van der Waals surface area contributed by atoms with E-state index in [0.29, 0.717) is 30.2 Å². The number of esters is 1. The Kier molecular flexibility index (Phi) is 4.04. The summed E-state index contributed by atoms with van der Waals surface area (Å²) in [5.41, 5.74) is 1.97. The van der Waals surface area contributed by atoms with E-state index in [4.69, 9.17) is 18.9 Å². The van der Waals surface area contributed by atoms with Gasteiger partial charge in [0.05, 0.1) is 32.9 Å². The van der Waals surface area contributed by atoms with E-state index in [9.17, 15) is 9.90 Å². The lowest BCUT2D eigenvalue weighted by Crippen LogP contribution is -2.33. The summed E-state index contributed by atoms with van der Waals surface area (Å²) in [5, 5.41) is 13.2. The highest BCUT2D eigenvalue weighted by molar-refractivity contribution is 5.93. The fourth-order valence-electron chi connectivity index (χ4n) is 3.15. The zero-order valence-corrected chi connectivity index (χ0v) is 13.3. The summed E-state index contributed by atoms with van der Waals surface area (Å²) in [4.78, 5) is 12.0.